The number of rotatable bonds is 4. The lowest BCUT2D eigenvalue weighted by atomic mass is 10.1. The normalized spacial score (nSPS) is 14.0. The van der Waals surface area contributed by atoms with Crippen LogP contribution in [0.1, 0.15) is 5.56 Å². The Balaban J connectivity index is 0.000000409. The number of aliphatic carboxylic acids is 2. The molecule has 2 N–H and O–H groups in total. The van der Waals surface area contributed by atoms with E-state index in [-0.39, 0.29) is 0 Å². The summed E-state index contributed by atoms with van der Waals surface area (Å²) in [5, 5.41) is 15.6. The number of carbonyl (C=O) groups is 2. The van der Waals surface area contributed by atoms with Crippen LogP contribution < -0.4 is 9.64 Å². The van der Waals surface area contributed by atoms with Crippen molar-refractivity contribution in [1.82, 2.24) is 4.90 Å². The standard InChI is InChI=1S/C18H21ClN2O.C2H2O4/c1-22-18-8-3-2-5-15(18)14-20-9-11-21(12-10-20)17-7-4-6-16(19)13-17;3-1(4)2(5)6/h2-8,13H,9-12,14H2,1H3;(H,3,4)(H,5,6). The molecule has 0 saturated carbocycles. The highest BCUT2D eigenvalue weighted by atomic mass is 35.5. The quantitative estimate of drug-likeness (QED) is 0.754. The van der Waals surface area contributed by atoms with Crippen LogP contribution >= 0.6 is 11.6 Å². The number of halogens is 1. The number of nitrogens with zero attached hydrogens (tertiary/aromatic N) is 2. The smallest absolute Gasteiger partial charge is 0.414 e. The molecule has 1 fully saturated rings. The van der Waals surface area contributed by atoms with Gasteiger partial charge in [-0.2, -0.15) is 0 Å². The predicted molar refractivity (Wildman–Crippen MR) is 107 cm³/mol. The van der Waals surface area contributed by atoms with Gasteiger partial charge in [-0.05, 0) is 24.3 Å². The van der Waals surface area contributed by atoms with E-state index in [1.54, 1.807) is 7.11 Å². The molecule has 8 heteroatoms. The summed E-state index contributed by atoms with van der Waals surface area (Å²) in [6, 6.07) is 16.3. The molecule has 1 saturated heterocycles. The van der Waals surface area contributed by atoms with Gasteiger partial charge in [0.15, 0.2) is 0 Å². The first-order valence-corrected chi connectivity index (χ1v) is 9.09. The molecule has 1 aliphatic rings. The van der Waals surface area contributed by atoms with Crippen molar-refractivity contribution in [1.29, 1.82) is 0 Å². The second-order valence-electron chi connectivity index (χ2n) is 6.17. The van der Waals surface area contributed by atoms with E-state index in [0.29, 0.717) is 0 Å². The number of methoxy groups -OCH3 is 1. The first-order valence-electron chi connectivity index (χ1n) is 8.71. The molecule has 0 aliphatic carbocycles. The predicted octanol–water partition coefficient (Wildman–Crippen LogP) is 2.83. The van der Waals surface area contributed by atoms with Crippen molar-refractivity contribution in [3.05, 3.63) is 59.1 Å². The van der Waals surface area contributed by atoms with Crippen molar-refractivity contribution in [3.8, 4) is 5.75 Å². The summed E-state index contributed by atoms with van der Waals surface area (Å²) in [5.41, 5.74) is 2.46. The Morgan fingerprint density at radius 3 is 2.21 bits per heavy atom. The topological polar surface area (TPSA) is 90.3 Å². The molecule has 0 aromatic heterocycles. The van der Waals surface area contributed by atoms with E-state index in [2.05, 4.69) is 28.0 Å². The summed E-state index contributed by atoms with van der Waals surface area (Å²) in [5.74, 6) is -2.68. The van der Waals surface area contributed by atoms with Gasteiger partial charge in [0.25, 0.3) is 0 Å². The number of ether oxygens (including phenoxy) is 1. The minimum absolute atomic E-state index is 0.800. The Hall–Kier alpha value is -2.77. The Kier molecular flexibility index (Phi) is 8.10. The molecule has 0 amide bonds. The Bertz CT molecular complexity index is 795. The molecule has 150 valence electrons. The van der Waals surface area contributed by atoms with Crippen molar-refractivity contribution in [2.75, 3.05) is 38.2 Å². The molecule has 0 radical (unpaired) electrons. The van der Waals surface area contributed by atoms with Gasteiger partial charge in [-0.15, -0.1) is 0 Å². The van der Waals surface area contributed by atoms with Crippen LogP contribution in [-0.2, 0) is 16.1 Å². The van der Waals surface area contributed by atoms with Crippen molar-refractivity contribution < 1.29 is 24.5 Å². The second kappa shape index (κ2) is 10.5. The van der Waals surface area contributed by atoms with E-state index in [1.807, 2.05) is 30.3 Å². The van der Waals surface area contributed by atoms with E-state index < -0.39 is 11.9 Å². The monoisotopic (exact) mass is 406 g/mol. The summed E-state index contributed by atoms with van der Waals surface area (Å²) in [7, 11) is 1.73. The Morgan fingerprint density at radius 2 is 1.64 bits per heavy atom. The summed E-state index contributed by atoms with van der Waals surface area (Å²) in [6.07, 6.45) is 0. The van der Waals surface area contributed by atoms with Crippen molar-refractivity contribution in [2.24, 2.45) is 0 Å². The number of hydrogen-bond donors (Lipinski definition) is 2. The highest BCUT2D eigenvalue weighted by Crippen LogP contribution is 2.23. The highest BCUT2D eigenvalue weighted by Gasteiger charge is 2.18. The van der Waals surface area contributed by atoms with Gasteiger partial charge in [-0.3, -0.25) is 4.90 Å². The van der Waals surface area contributed by atoms with Gasteiger partial charge in [0.05, 0.1) is 7.11 Å². The fraction of sp³-hybridized carbons (Fsp3) is 0.300. The molecular weight excluding hydrogens is 384 g/mol. The number of carboxylic acids is 2. The Morgan fingerprint density at radius 1 is 1.00 bits per heavy atom. The zero-order valence-electron chi connectivity index (χ0n) is 15.5. The van der Waals surface area contributed by atoms with Gasteiger partial charge in [0, 0.05) is 49.0 Å². The zero-order valence-corrected chi connectivity index (χ0v) is 16.3. The molecule has 28 heavy (non-hydrogen) atoms. The lowest BCUT2D eigenvalue weighted by Crippen LogP contribution is -2.46. The van der Waals surface area contributed by atoms with Gasteiger partial charge in [-0.25, -0.2) is 9.59 Å². The summed E-state index contributed by atoms with van der Waals surface area (Å²) < 4.78 is 5.44. The van der Waals surface area contributed by atoms with Crippen LogP contribution in [0.5, 0.6) is 5.75 Å². The molecule has 2 aromatic rings. The molecule has 7 nitrogen and oxygen atoms in total. The number of para-hydroxylation sites is 1. The van der Waals surface area contributed by atoms with E-state index in [4.69, 9.17) is 36.1 Å². The third-order valence-corrected chi connectivity index (χ3v) is 4.55. The van der Waals surface area contributed by atoms with Crippen molar-refractivity contribution in [2.45, 2.75) is 6.54 Å². The summed E-state index contributed by atoms with van der Waals surface area (Å²) >= 11 is 6.08. The average Bonchev–Trinajstić information content (AvgIpc) is 2.69. The van der Waals surface area contributed by atoms with Crippen molar-refractivity contribution in [3.63, 3.8) is 0 Å². The number of carboxylic acid groups (broad SMARTS) is 2. The molecule has 1 aliphatic heterocycles. The molecule has 2 aromatic carbocycles. The van der Waals surface area contributed by atoms with E-state index in [0.717, 1.165) is 43.5 Å². The third-order valence-electron chi connectivity index (χ3n) is 4.32. The van der Waals surface area contributed by atoms with Gasteiger partial charge in [-0.1, -0.05) is 35.9 Å². The van der Waals surface area contributed by atoms with Crippen LogP contribution in [0.15, 0.2) is 48.5 Å². The maximum absolute atomic E-state index is 9.10. The zero-order chi connectivity index (χ0) is 20.5. The molecule has 0 unspecified atom stereocenters. The molecule has 1 heterocycles. The van der Waals surface area contributed by atoms with Crippen LogP contribution in [-0.4, -0.2) is 60.3 Å². The van der Waals surface area contributed by atoms with Crippen molar-refractivity contribution >= 4 is 29.2 Å². The van der Waals surface area contributed by atoms with Gasteiger partial charge < -0.3 is 19.8 Å². The summed E-state index contributed by atoms with van der Waals surface area (Å²) in [6.45, 7) is 5.08. The van der Waals surface area contributed by atoms with Crippen LogP contribution in [0.2, 0.25) is 5.02 Å². The second-order valence-corrected chi connectivity index (χ2v) is 6.60. The summed E-state index contributed by atoms with van der Waals surface area (Å²) in [4.78, 5) is 23.1. The lowest BCUT2D eigenvalue weighted by Gasteiger charge is -2.36. The lowest BCUT2D eigenvalue weighted by molar-refractivity contribution is -0.159. The minimum atomic E-state index is -1.82. The van der Waals surface area contributed by atoms with E-state index >= 15 is 0 Å². The van der Waals surface area contributed by atoms with E-state index in [9.17, 15) is 0 Å². The SMILES string of the molecule is COc1ccccc1CN1CCN(c2cccc(Cl)c2)CC1.O=C(O)C(=O)O. The maximum Gasteiger partial charge on any atom is 0.414 e. The Labute approximate surface area is 168 Å². The largest absolute Gasteiger partial charge is 0.496 e. The molecule has 0 spiro atoms. The number of benzene rings is 2. The van der Waals surface area contributed by atoms with Crippen LogP contribution in [0.25, 0.3) is 0 Å². The number of anilines is 1. The maximum atomic E-state index is 9.10. The van der Waals surface area contributed by atoms with Gasteiger partial charge in [0.2, 0.25) is 0 Å². The van der Waals surface area contributed by atoms with Crippen LogP contribution in [0.4, 0.5) is 5.69 Å². The number of piperazine rings is 1. The van der Waals surface area contributed by atoms with E-state index in [1.165, 1.54) is 11.3 Å². The van der Waals surface area contributed by atoms with Crippen LogP contribution in [0.3, 0.4) is 0 Å². The highest BCUT2D eigenvalue weighted by molar-refractivity contribution is 6.30. The average molecular weight is 407 g/mol. The molecular formula is C20H23ClN2O5. The van der Waals surface area contributed by atoms with Gasteiger partial charge >= 0.3 is 11.9 Å². The molecule has 0 bridgehead atoms. The number of hydrogen-bond acceptors (Lipinski definition) is 5. The molecule has 0 atom stereocenters. The van der Waals surface area contributed by atoms with Gasteiger partial charge in [0.1, 0.15) is 5.75 Å². The third kappa shape index (κ3) is 6.44. The fourth-order valence-corrected chi connectivity index (χ4v) is 3.10. The first-order chi connectivity index (χ1) is 13.4. The minimum Gasteiger partial charge on any atom is -0.496 e. The molecule has 3 rings (SSSR count). The fourth-order valence-electron chi connectivity index (χ4n) is 2.91. The first kappa shape index (κ1) is 21.5. The van der Waals surface area contributed by atoms with Crippen LogP contribution in [0, 0.1) is 0 Å².